The monoisotopic (exact) mass is 291 g/mol. The molecule has 2 rings (SSSR count). The van der Waals surface area contributed by atoms with Crippen LogP contribution < -0.4 is 5.32 Å². The summed E-state index contributed by atoms with van der Waals surface area (Å²) in [6.07, 6.45) is 0.891. The maximum atomic E-state index is 9.74. The van der Waals surface area contributed by atoms with Gasteiger partial charge in [-0.25, -0.2) is 0 Å². The second kappa shape index (κ2) is 6.81. The largest absolute Gasteiger partial charge is 0.508 e. The number of nitrogens with one attached hydrogen (secondary N) is 1. The molecule has 0 bridgehead atoms. The number of phenols is 1. The number of aryl methyl sites for hydroxylation is 1. The van der Waals surface area contributed by atoms with Crippen molar-refractivity contribution in [3.8, 4) is 16.3 Å². The molecule has 0 atom stereocenters. The number of phenolic OH excluding ortho intramolecular Hbond substituents is 1. The molecular weight excluding hydrogens is 270 g/mol. The van der Waals surface area contributed by atoms with E-state index in [2.05, 4.69) is 29.4 Å². The van der Waals surface area contributed by atoms with Gasteiger partial charge in [-0.05, 0) is 31.0 Å². The minimum absolute atomic E-state index is 0.304. The fourth-order valence-corrected chi connectivity index (χ4v) is 2.64. The van der Waals surface area contributed by atoms with Crippen LogP contribution >= 0.6 is 11.3 Å². The highest BCUT2D eigenvalue weighted by atomic mass is 32.1. The summed E-state index contributed by atoms with van der Waals surface area (Å²) in [7, 11) is 0. The van der Waals surface area contributed by atoms with E-state index in [9.17, 15) is 5.11 Å². The lowest BCUT2D eigenvalue weighted by Gasteiger charge is -2.05. The van der Waals surface area contributed by atoms with E-state index in [1.54, 1.807) is 17.4 Å². The highest BCUT2D eigenvalue weighted by molar-refractivity contribution is 7.14. The molecule has 0 amide bonds. The van der Waals surface area contributed by atoms with Gasteiger partial charge < -0.3 is 10.4 Å². The summed E-state index contributed by atoms with van der Waals surface area (Å²) in [5.74, 6) is 0.966. The van der Waals surface area contributed by atoms with Crippen LogP contribution in [0, 0.1) is 12.8 Å². The molecular formula is C15H21N3OS. The van der Waals surface area contributed by atoms with Gasteiger partial charge in [0.05, 0.1) is 0 Å². The quantitative estimate of drug-likeness (QED) is 0.803. The van der Waals surface area contributed by atoms with Gasteiger partial charge in [0.15, 0.2) is 0 Å². The Balaban J connectivity index is 1.96. The number of aromatic hydroxyl groups is 1. The van der Waals surface area contributed by atoms with E-state index in [0.29, 0.717) is 11.7 Å². The molecule has 0 fully saturated rings. The van der Waals surface area contributed by atoms with E-state index in [1.807, 2.05) is 19.1 Å². The number of rotatable bonds is 6. The van der Waals surface area contributed by atoms with Crippen molar-refractivity contribution in [2.75, 3.05) is 13.1 Å². The lowest BCUT2D eigenvalue weighted by molar-refractivity contribution is 0.471. The van der Waals surface area contributed by atoms with Gasteiger partial charge in [0.2, 0.25) is 0 Å². The van der Waals surface area contributed by atoms with Crippen molar-refractivity contribution in [3.05, 3.63) is 28.8 Å². The number of nitrogens with zero attached hydrogens (tertiary/aromatic N) is 2. The summed E-state index contributed by atoms with van der Waals surface area (Å²) in [6.45, 7) is 8.22. The number of hydrogen-bond acceptors (Lipinski definition) is 5. The van der Waals surface area contributed by atoms with Gasteiger partial charge in [0.25, 0.3) is 0 Å². The molecule has 4 nitrogen and oxygen atoms in total. The molecule has 0 unspecified atom stereocenters. The van der Waals surface area contributed by atoms with Gasteiger partial charge in [-0.2, -0.15) is 0 Å². The third-order valence-electron chi connectivity index (χ3n) is 2.99. The van der Waals surface area contributed by atoms with E-state index in [0.717, 1.165) is 40.7 Å². The van der Waals surface area contributed by atoms with Crippen molar-refractivity contribution < 1.29 is 5.11 Å². The van der Waals surface area contributed by atoms with E-state index in [-0.39, 0.29) is 0 Å². The summed E-state index contributed by atoms with van der Waals surface area (Å²) in [5, 5.41) is 23.4. The lowest BCUT2D eigenvalue weighted by atomic mass is 10.1. The van der Waals surface area contributed by atoms with Gasteiger partial charge >= 0.3 is 0 Å². The SMILES string of the molecule is Cc1ccc(-c2nnc(CCNCC(C)C)s2)cc1O. The molecule has 20 heavy (non-hydrogen) atoms. The first-order valence-electron chi connectivity index (χ1n) is 6.89. The van der Waals surface area contributed by atoms with Crippen LogP contribution in [0.5, 0.6) is 5.75 Å². The van der Waals surface area contributed by atoms with E-state index in [1.165, 1.54) is 0 Å². The average Bonchev–Trinajstić information content (AvgIpc) is 2.86. The molecule has 0 saturated heterocycles. The minimum Gasteiger partial charge on any atom is -0.508 e. The highest BCUT2D eigenvalue weighted by Crippen LogP contribution is 2.28. The fraction of sp³-hybridized carbons (Fsp3) is 0.467. The first kappa shape index (κ1) is 14.9. The van der Waals surface area contributed by atoms with E-state index in [4.69, 9.17) is 0 Å². The Hall–Kier alpha value is -1.46. The Labute approximate surface area is 123 Å². The Morgan fingerprint density at radius 1 is 1.30 bits per heavy atom. The zero-order valence-corrected chi connectivity index (χ0v) is 13.0. The van der Waals surface area contributed by atoms with Crippen LogP contribution in [0.25, 0.3) is 10.6 Å². The van der Waals surface area contributed by atoms with Gasteiger partial charge in [-0.15, -0.1) is 10.2 Å². The molecule has 1 aromatic heterocycles. The van der Waals surface area contributed by atoms with Gasteiger partial charge in [0.1, 0.15) is 15.8 Å². The maximum Gasteiger partial charge on any atom is 0.147 e. The number of benzene rings is 1. The molecule has 0 saturated carbocycles. The van der Waals surface area contributed by atoms with Crippen LogP contribution in [-0.4, -0.2) is 28.4 Å². The third-order valence-corrected chi connectivity index (χ3v) is 4.02. The predicted octanol–water partition coefficient (Wildman–Crippen LogP) is 3.01. The Morgan fingerprint density at radius 3 is 2.80 bits per heavy atom. The molecule has 1 aromatic carbocycles. The van der Waals surface area contributed by atoms with Crippen molar-refractivity contribution in [3.63, 3.8) is 0 Å². The molecule has 2 N–H and O–H groups in total. The molecule has 1 heterocycles. The summed E-state index contributed by atoms with van der Waals surface area (Å²) in [5.41, 5.74) is 1.79. The van der Waals surface area contributed by atoms with Gasteiger partial charge in [-0.3, -0.25) is 0 Å². The molecule has 108 valence electrons. The first-order valence-corrected chi connectivity index (χ1v) is 7.71. The summed E-state index contributed by atoms with van der Waals surface area (Å²) in [6, 6.07) is 5.61. The van der Waals surface area contributed by atoms with Gasteiger partial charge in [-0.1, -0.05) is 37.3 Å². The first-order chi connectivity index (χ1) is 9.56. The zero-order chi connectivity index (χ0) is 14.5. The predicted molar refractivity (Wildman–Crippen MR) is 83.2 cm³/mol. The maximum absolute atomic E-state index is 9.74. The smallest absolute Gasteiger partial charge is 0.147 e. The van der Waals surface area contributed by atoms with E-state index >= 15 is 0 Å². The van der Waals surface area contributed by atoms with Crippen LogP contribution in [0.4, 0.5) is 0 Å². The second-order valence-corrected chi connectivity index (χ2v) is 6.41. The molecule has 0 spiro atoms. The standard InChI is InChI=1S/C15H21N3OS/c1-10(2)9-16-7-6-14-17-18-15(20-14)12-5-4-11(3)13(19)8-12/h4-5,8,10,16,19H,6-7,9H2,1-3H3. The molecule has 0 aliphatic carbocycles. The molecule has 5 heteroatoms. The fourth-order valence-electron chi connectivity index (χ4n) is 1.80. The Kier molecular flexibility index (Phi) is 5.09. The lowest BCUT2D eigenvalue weighted by Crippen LogP contribution is -2.22. The van der Waals surface area contributed by atoms with Crippen LogP contribution in [0.2, 0.25) is 0 Å². The summed E-state index contributed by atoms with van der Waals surface area (Å²) < 4.78 is 0. The van der Waals surface area contributed by atoms with Crippen molar-refractivity contribution in [1.82, 2.24) is 15.5 Å². The molecule has 0 radical (unpaired) electrons. The normalized spacial score (nSPS) is 11.2. The Morgan fingerprint density at radius 2 is 2.10 bits per heavy atom. The van der Waals surface area contributed by atoms with E-state index < -0.39 is 0 Å². The van der Waals surface area contributed by atoms with Crippen LogP contribution in [-0.2, 0) is 6.42 Å². The minimum atomic E-state index is 0.304. The van der Waals surface area contributed by atoms with Gasteiger partial charge in [0, 0.05) is 18.5 Å². The molecule has 2 aromatic rings. The zero-order valence-electron chi connectivity index (χ0n) is 12.2. The van der Waals surface area contributed by atoms with Crippen LogP contribution in [0.15, 0.2) is 18.2 Å². The third kappa shape index (κ3) is 4.02. The average molecular weight is 291 g/mol. The second-order valence-electron chi connectivity index (χ2n) is 5.35. The van der Waals surface area contributed by atoms with Crippen LogP contribution in [0.3, 0.4) is 0 Å². The number of hydrogen-bond donors (Lipinski definition) is 2. The molecule has 0 aliphatic heterocycles. The van der Waals surface area contributed by atoms with Crippen molar-refractivity contribution in [1.29, 1.82) is 0 Å². The molecule has 0 aliphatic rings. The summed E-state index contributed by atoms with van der Waals surface area (Å²) >= 11 is 1.59. The topological polar surface area (TPSA) is 58.0 Å². The summed E-state index contributed by atoms with van der Waals surface area (Å²) in [4.78, 5) is 0. The van der Waals surface area contributed by atoms with Crippen molar-refractivity contribution >= 4 is 11.3 Å². The highest BCUT2D eigenvalue weighted by Gasteiger charge is 2.08. The van der Waals surface area contributed by atoms with Crippen molar-refractivity contribution in [2.24, 2.45) is 5.92 Å². The van der Waals surface area contributed by atoms with Crippen molar-refractivity contribution in [2.45, 2.75) is 27.2 Å². The number of aromatic nitrogens is 2. The van der Waals surface area contributed by atoms with Crippen LogP contribution in [0.1, 0.15) is 24.4 Å². The Bertz CT molecular complexity index is 566.